The zero-order valence-corrected chi connectivity index (χ0v) is 12.7. The number of benzene rings is 2. The number of carbonyl (C=O) groups is 1. The van der Waals surface area contributed by atoms with Crippen LogP contribution in [0.1, 0.15) is 29.8 Å². The molecular formula is C17H18O5. The first-order valence-corrected chi connectivity index (χ1v) is 7.08. The molecule has 5 heteroatoms. The second-order valence-electron chi connectivity index (χ2n) is 5.99. The van der Waals surface area contributed by atoms with Gasteiger partial charge in [0, 0.05) is 22.8 Å². The fraction of sp³-hybridized carbons (Fsp3) is 0.353. The lowest BCUT2D eigenvalue weighted by molar-refractivity contribution is -0.0403. The Labute approximate surface area is 128 Å². The van der Waals surface area contributed by atoms with E-state index in [9.17, 15) is 15.0 Å². The number of aliphatic hydroxyl groups excluding tert-OH is 1. The molecule has 1 aliphatic heterocycles. The lowest BCUT2D eigenvalue weighted by Crippen LogP contribution is -2.46. The van der Waals surface area contributed by atoms with Crippen molar-refractivity contribution in [3.05, 3.63) is 35.4 Å². The number of aromatic hydroxyl groups is 1. The summed E-state index contributed by atoms with van der Waals surface area (Å²) in [6, 6.07) is 7.15. The normalized spacial score (nSPS) is 19.4. The molecule has 0 saturated heterocycles. The largest absolute Gasteiger partial charge is 0.506 e. The van der Waals surface area contributed by atoms with Gasteiger partial charge in [-0.3, -0.25) is 0 Å². The summed E-state index contributed by atoms with van der Waals surface area (Å²) < 4.78 is 10.7. The van der Waals surface area contributed by atoms with Gasteiger partial charge in [-0.05, 0) is 13.8 Å². The third-order valence-corrected chi connectivity index (χ3v) is 4.19. The summed E-state index contributed by atoms with van der Waals surface area (Å²) in [7, 11) is 1.26. The van der Waals surface area contributed by atoms with Crippen LogP contribution in [0.3, 0.4) is 0 Å². The quantitative estimate of drug-likeness (QED) is 0.791. The lowest BCUT2D eigenvalue weighted by Gasteiger charge is -2.38. The van der Waals surface area contributed by atoms with E-state index in [1.165, 1.54) is 7.11 Å². The maximum Gasteiger partial charge on any atom is 0.342 e. The number of ether oxygens (including phenoxy) is 2. The molecule has 1 atom stereocenters. The van der Waals surface area contributed by atoms with Crippen LogP contribution in [0, 0.1) is 0 Å². The zero-order chi connectivity index (χ0) is 16.1. The van der Waals surface area contributed by atoms with Gasteiger partial charge in [-0.15, -0.1) is 0 Å². The van der Waals surface area contributed by atoms with E-state index in [0.29, 0.717) is 22.1 Å². The summed E-state index contributed by atoms with van der Waals surface area (Å²) >= 11 is 0. The molecule has 0 bridgehead atoms. The van der Waals surface area contributed by atoms with Gasteiger partial charge in [0.15, 0.2) is 0 Å². The molecule has 0 amide bonds. The standard InChI is InChI=1S/C17H18O5/c1-17(2)12(18)8-11-13(16(20)21-3)14(19)9-6-4-5-7-10(9)15(11)22-17/h4-7,12,18-19H,8H2,1-3H3/t12-/m1/s1. The van der Waals surface area contributed by atoms with Crippen molar-refractivity contribution < 1.29 is 24.5 Å². The zero-order valence-electron chi connectivity index (χ0n) is 12.7. The van der Waals surface area contributed by atoms with E-state index >= 15 is 0 Å². The minimum absolute atomic E-state index is 0.0609. The molecule has 0 saturated carbocycles. The smallest absolute Gasteiger partial charge is 0.342 e. The van der Waals surface area contributed by atoms with Crippen LogP contribution >= 0.6 is 0 Å². The Morgan fingerprint density at radius 2 is 1.95 bits per heavy atom. The highest BCUT2D eigenvalue weighted by molar-refractivity contribution is 6.06. The van der Waals surface area contributed by atoms with Crippen molar-refractivity contribution in [1.29, 1.82) is 0 Å². The Bertz CT molecular complexity index is 763. The van der Waals surface area contributed by atoms with E-state index < -0.39 is 17.7 Å². The fourth-order valence-electron chi connectivity index (χ4n) is 2.84. The number of carbonyl (C=O) groups excluding carboxylic acids is 1. The summed E-state index contributed by atoms with van der Waals surface area (Å²) in [6.45, 7) is 3.58. The first-order valence-electron chi connectivity index (χ1n) is 7.08. The number of phenols is 1. The fourth-order valence-corrected chi connectivity index (χ4v) is 2.84. The molecule has 0 radical (unpaired) electrons. The van der Waals surface area contributed by atoms with Crippen LogP contribution in [0.4, 0.5) is 0 Å². The lowest BCUT2D eigenvalue weighted by atomic mass is 9.86. The summed E-state index contributed by atoms with van der Waals surface area (Å²) in [5.41, 5.74) is -0.235. The van der Waals surface area contributed by atoms with Crippen molar-refractivity contribution in [2.45, 2.75) is 32.0 Å². The van der Waals surface area contributed by atoms with Crippen molar-refractivity contribution in [3.8, 4) is 11.5 Å². The maximum absolute atomic E-state index is 12.1. The molecular weight excluding hydrogens is 284 g/mol. The number of hydrogen-bond donors (Lipinski definition) is 2. The SMILES string of the molecule is COC(=O)c1c2c(c3ccccc3c1O)OC(C)(C)[C@H](O)C2. The molecule has 116 valence electrons. The van der Waals surface area contributed by atoms with E-state index in [2.05, 4.69) is 0 Å². The van der Waals surface area contributed by atoms with Gasteiger partial charge in [-0.2, -0.15) is 0 Å². The van der Waals surface area contributed by atoms with Crippen LogP contribution in [0.5, 0.6) is 11.5 Å². The van der Waals surface area contributed by atoms with E-state index in [1.807, 2.05) is 12.1 Å². The number of methoxy groups -OCH3 is 1. The van der Waals surface area contributed by atoms with Crippen molar-refractivity contribution in [2.24, 2.45) is 0 Å². The predicted molar refractivity (Wildman–Crippen MR) is 81.4 cm³/mol. The van der Waals surface area contributed by atoms with E-state index in [0.717, 1.165) is 0 Å². The van der Waals surface area contributed by atoms with Crippen molar-refractivity contribution in [3.63, 3.8) is 0 Å². The van der Waals surface area contributed by atoms with Crippen molar-refractivity contribution in [1.82, 2.24) is 0 Å². The minimum Gasteiger partial charge on any atom is -0.506 e. The number of aliphatic hydroxyl groups is 1. The van der Waals surface area contributed by atoms with E-state index in [-0.39, 0.29) is 17.7 Å². The number of fused-ring (bicyclic) bond motifs is 3. The molecule has 0 fully saturated rings. The summed E-state index contributed by atoms with van der Waals surface area (Å²) in [4.78, 5) is 12.1. The third kappa shape index (κ3) is 2.01. The van der Waals surface area contributed by atoms with Crippen molar-refractivity contribution in [2.75, 3.05) is 7.11 Å². The average molecular weight is 302 g/mol. The molecule has 5 nitrogen and oxygen atoms in total. The van der Waals surface area contributed by atoms with Crippen LogP contribution in [0.2, 0.25) is 0 Å². The first kappa shape index (κ1) is 14.7. The monoisotopic (exact) mass is 302 g/mol. The Hall–Kier alpha value is -2.27. The second-order valence-corrected chi connectivity index (χ2v) is 5.99. The highest BCUT2D eigenvalue weighted by Crippen LogP contribution is 2.45. The number of esters is 1. The average Bonchev–Trinajstić information content (AvgIpc) is 2.49. The molecule has 2 aromatic rings. The Kier molecular flexibility index (Phi) is 3.25. The van der Waals surface area contributed by atoms with Gasteiger partial charge in [-0.1, -0.05) is 24.3 Å². The predicted octanol–water partition coefficient (Wildman–Crippen LogP) is 2.41. The van der Waals surface area contributed by atoms with Crippen molar-refractivity contribution >= 4 is 16.7 Å². The van der Waals surface area contributed by atoms with Crippen LogP contribution < -0.4 is 4.74 Å². The molecule has 1 heterocycles. The van der Waals surface area contributed by atoms with Gasteiger partial charge in [-0.25, -0.2) is 4.79 Å². The van der Waals surface area contributed by atoms with Gasteiger partial charge >= 0.3 is 5.97 Å². The summed E-state index contributed by atoms with van der Waals surface area (Å²) in [5, 5.41) is 22.0. The minimum atomic E-state index is -0.788. The molecule has 0 spiro atoms. The molecule has 0 aliphatic carbocycles. The van der Waals surface area contributed by atoms with Gasteiger partial charge in [0.05, 0.1) is 13.2 Å². The Balaban J connectivity index is 2.39. The van der Waals surface area contributed by atoms with E-state index in [4.69, 9.17) is 9.47 Å². The van der Waals surface area contributed by atoms with E-state index in [1.54, 1.807) is 26.0 Å². The highest BCUT2D eigenvalue weighted by atomic mass is 16.5. The van der Waals surface area contributed by atoms with Crippen LogP contribution in [0.15, 0.2) is 24.3 Å². The molecule has 2 aromatic carbocycles. The molecule has 0 unspecified atom stereocenters. The first-order chi connectivity index (χ1) is 10.4. The molecule has 2 N–H and O–H groups in total. The van der Waals surface area contributed by atoms with Gasteiger partial charge < -0.3 is 19.7 Å². The maximum atomic E-state index is 12.1. The third-order valence-electron chi connectivity index (χ3n) is 4.19. The molecule has 0 aromatic heterocycles. The van der Waals surface area contributed by atoms with Gasteiger partial charge in [0.2, 0.25) is 0 Å². The molecule has 1 aliphatic rings. The summed E-state index contributed by atoms with van der Waals surface area (Å²) in [5.74, 6) is -0.268. The Morgan fingerprint density at radius 3 is 2.59 bits per heavy atom. The van der Waals surface area contributed by atoms with Crippen LogP contribution in [0.25, 0.3) is 10.8 Å². The Morgan fingerprint density at radius 1 is 1.32 bits per heavy atom. The number of phenolic OH excluding ortho intramolecular Hbond substituents is 1. The summed E-state index contributed by atoms with van der Waals surface area (Å²) in [6.07, 6.45) is -0.575. The molecule has 3 rings (SSSR count). The number of hydrogen-bond acceptors (Lipinski definition) is 5. The topological polar surface area (TPSA) is 76.0 Å². The number of rotatable bonds is 1. The highest BCUT2D eigenvalue weighted by Gasteiger charge is 2.39. The van der Waals surface area contributed by atoms with Crippen LogP contribution in [-0.2, 0) is 11.2 Å². The van der Waals surface area contributed by atoms with Crippen LogP contribution in [-0.4, -0.2) is 35.0 Å². The second kappa shape index (κ2) is 4.88. The van der Waals surface area contributed by atoms with Gasteiger partial charge in [0.1, 0.15) is 22.7 Å². The molecule has 22 heavy (non-hydrogen) atoms. The van der Waals surface area contributed by atoms with Gasteiger partial charge in [0.25, 0.3) is 0 Å².